The molecule has 0 amide bonds. The molecule has 1 aromatic carbocycles. The van der Waals surface area contributed by atoms with Gasteiger partial charge in [0.15, 0.2) is 5.78 Å². The predicted molar refractivity (Wildman–Crippen MR) is 91.8 cm³/mol. The van der Waals surface area contributed by atoms with E-state index in [0.29, 0.717) is 11.3 Å². The minimum atomic E-state index is -1.81. The summed E-state index contributed by atoms with van der Waals surface area (Å²) in [7, 11) is 1.43. The van der Waals surface area contributed by atoms with E-state index in [1.807, 2.05) is 0 Å². The van der Waals surface area contributed by atoms with E-state index in [4.69, 9.17) is 9.47 Å². The number of esters is 1. The van der Waals surface area contributed by atoms with Crippen molar-refractivity contribution in [3.05, 3.63) is 41.5 Å². The highest BCUT2D eigenvalue weighted by atomic mass is 16.5. The van der Waals surface area contributed by atoms with Crippen molar-refractivity contribution in [1.29, 1.82) is 0 Å². The summed E-state index contributed by atoms with van der Waals surface area (Å²) in [5.41, 5.74) is -1.48. The third-order valence-corrected chi connectivity index (χ3v) is 4.89. The summed E-state index contributed by atoms with van der Waals surface area (Å²) >= 11 is 0. The van der Waals surface area contributed by atoms with Crippen LogP contribution in [0.1, 0.15) is 29.3 Å². The molecule has 0 saturated carbocycles. The molecule has 1 heterocycles. The number of rotatable bonds is 1. The first kappa shape index (κ1) is 18.2. The van der Waals surface area contributed by atoms with Crippen molar-refractivity contribution in [2.45, 2.75) is 31.2 Å². The molecule has 0 radical (unpaired) electrons. The number of aliphatic hydroxyl groups excluding tert-OH is 1. The Morgan fingerprint density at radius 3 is 2.69 bits per heavy atom. The molecule has 1 aliphatic heterocycles. The van der Waals surface area contributed by atoms with Crippen molar-refractivity contribution in [2.75, 3.05) is 7.11 Å². The summed E-state index contributed by atoms with van der Waals surface area (Å²) in [6.07, 6.45) is 3.17. The average Bonchev–Trinajstić information content (AvgIpc) is 2.58. The third-order valence-electron chi connectivity index (χ3n) is 4.89. The lowest BCUT2D eigenvalue weighted by molar-refractivity contribution is -0.154. The molecule has 1 unspecified atom stereocenters. The molecule has 0 bridgehead atoms. The molecule has 0 saturated heterocycles. The minimum absolute atomic E-state index is 0.0178. The normalized spacial score (nSPS) is 32.2. The fourth-order valence-electron chi connectivity index (χ4n) is 3.46. The number of phenols is 1. The molecule has 7 heteroatoms. The summed E-state index contributed by atoms with van der Waals surface area (Å²) in [5, 5.41) is 31.4. The van der Waals surface area contributed by atoms with Crippen molar-refractivity contribution in [2.24, 2.45) is 5.92 Å². The van der Waals surface area contributed by atoms with E-state index in [2.05, 4.69) is 0 Å². The predicted octanol–water partition coefficient (Wildman–Crippen LogP) is 1.21. The molecule has 1 aromatic rings. The lowest BCUT2D eigenvalue weighted by atomic mass is 9.72. The van der Waals surface area contributed by atoms with E-state index in [-0.39, 0.29) is 17.7 Å². The van der Waals surface area contributed by atoms with Gasteiger partial charge in [0.05, 0.1) is 7.11 Å². The van der Waals surface area contributed by atoms with Gasteiger partial charge in [-0.2, -0.15) is 0 Å². The van der Waals surface area contributed by atoms with E-state index < -0.39 is 35.5 Å². The summed E-state index contributed by atoms with van der Waals surface area (Å²) in [6, 6.07) is 2.85. The summed E-state index contributed by atoms with van der Waals surface area (Å²) in [4.78, 5) is 24.4. The van der Waals surface area contributed by atoms with Gasteiger partial charge in [-0.25, -0.2) is 4.79 Å². The third kappa shape index (κ3) is 2.89. The van der Waals surface area contributed by atoms with Crippen LogP contribution in [-0.4, -0.2) is 52.0 Å². The van der Waals surface area contributed by atoms with Crippen LogP contribution in [0.4, 0.5) is 0 Å². The molecule has 0 spiro atoms. The summed E-state index contributed by atoms with van der Waals surface area (Å²) in [5.74, 6) is -2.11. The van der Waals surface area contributed by atoms with E-state index in [1.54, 1.807) is 19.1 Å². The highest BCUT2D eigenvalue weighted by Gasteiger charge is 2.50. The van der Waals surface area contributed by atoms with Crippen LogP contribution in [0, 0.1) is 5.92 Å². The number of benzene rings is 1. The van der Waals surface area contributed by atoms with E-state index in [1.165, 1.54) is 31.4 Å². The molecular formula is C19H20O7. The second-order valence-electron chi connectivity index (χ2n) is 6.51. The maximum Gasteiger partial charge on any atom is 0.342 e. The molecule has 4 atom stereocenters. The van der Waals surface area contributed by atoms with Crippen LogP contribution in [0.5, 0.6) is 11.5 Å². The van der Waals surface area contributed by atoms with Gasteiger partial charge in [-0.3, -0.25) is 4.79 Å². The highest BCUT2D eigenvalue weighted by molar-refractivity contribution is 5.98. The van der Waals surface area contributed by atoms with Crippen LogP contribution in [0.25, 0.3) is 6.08 Å². The van der Waals surface area contributed by atoms with Gasteiger partial charge in [-0.1, -0.05) is 18.2 Å². The quantitative estimate of drug-likeness (QED) is 0.645. The van der Waals surface area contributed by atoms with Gasteiger partial charge >= 0.3 is 5.97 Å². The van der Waals surface area contributed by atoms with Crippen LogP contribution in [0.2, 0.25) is 0 Å². The number of carbonyl (C=O) groups excluding carboxylic acids is 2. The molecular weight excluding hydrogens is 340 g/mol. The number of cyclic esters (lactones) is 1. The number of methoxy groups -OCH3 is 1. The Labute approximate surface area is 150 Å². The van der Waals surface area contributed by atoms with Crippen molar-refractivity contribution >= 4 is 17.8 Å². The number of ether oxygens (including phenoxy) is 2. The zero-order valence-electron chi connectivity index (χ0n) is 14.4. The second kappa shape index (κ2) is 6.59. The van der Waals surface area contributed by atoms with E-state index in [0.717, 1.165) is 0 Å². The smallest absolute Gasteiger partial charge is 0.342 e. The largest absolute Gasteiger partial charge is 0.507 e. The molecule has 3 N–H and O–H groups in total. The van der Waals surface area contributed by atoms with Gasteiger partial charge in [0.2, 0.25) is 0 Å². The molecule has 2 aliphatic rings. The Morgan fingerprint density at radius 2 is 2.00 bits per heavy atom. The van der Waals surface area contributed by atoms with Gasteiger partial charge in [0.25, 0.3) is 0 Å². The van der Waals surface area contributed by atoms with Crippen LogP contribution < -0.4 is 4.74 Å². The minimum Gasteiger partial charge on any atom is -0.507 e. The Bertz CT molecular complexity index is 810. The monoisotopic (exact) mass is 360 g/mol. The first-order valence-corrected chi connectivity index (χ1v) is 8.19. The molecule has 0 fully saturated rings. The number of ketones is 1. The maximum atomic E-state index is 12.6. The van der Waals surface area contributed by atoms with Gasteiger partial charge in [0, 0.05) is 12.0 Å². The van der Waals surface area contributed by atoms with Crippen LogP contribution in [-0.2, 0) is 9.53 Å². The van der Waals surface area contributed by atoms with Crippen molar-refractivity contribution in [3.8, 4) is 11.5 Å². The van der Waals surface area contributed by atoms with Crippen LogP contribution >= 0.6 is 0 Å². The molecule has 0 aromatic heterocycles. The molecule has 1 aliphatic carbocycles. The fraction of sp³-hybridized carbons (Fsp3) is 0.368. The number of fused-ring (bicyclic) bond motifs is 2. The van der Waals surface area contributed by atoms with Crippen molar-refractivity contribution in [3.63, 3.8) is 0 Å². The zero-order chi connectivity index (χ0) is 19.1. The van der Waals surface area contributed by atoms with E-state index >= 15 is 0 Å². The van der Waals surface area contributed by atoms with Crippen LogP contribution in [0.3, 0.4) is 0 Å². The summed E-state index contributed by atoms with van der Waals surface area (Å²) in [6.45, 7) is 1.56. The highest BCUT2D eigenvalue weighted by Crippen LogP contribution is 2.38. The number of aliphatic hydroxyl groups is 2. The molecule has 138 valence electrons. The number of hydrogen-bond donors (Lipinski definition) is 3. The van der Waals surface area contributed by atoms with Crippen LogP contribution in [0.15, 0.2) is 30.4 Å². The fourth-order valence-corrected chi connectivity index (χ4v) is 3.46. The molecule has 26 heavy (non-hydrogen) atoms. The lowest BCUT2D eigenvalue weighted by Gasteiger charge is -2.41. The van der Waals surface area contributed by atoms with Gasteiger partial charge in [-0.15, -0.1) is 0 Å². The average molecular weight is 360 g/mol. The van der Waals surface area contributed by atoms with Crippen molar-refractivity contribution in [1.82, 2.24) is 0 Å². The van der Waals surface area contributed by atoms with Crippen molar-refractivity contribution < 1.29 is 34.4 Å². The van der Waals surface area contributed by atoms with Gasteiger partial charge in [0.1, 0.15) is 34.9 Å². The second-order valence-corrected chi connectivity index (χ2v) is 6.51. The standard InChI is InChI=1S/C19H20O7/c1-10-13-5-6-14(20)17(22)19(13,24)7-3-4-11-8-12(25-2)9-15(21)16(11)18(23)26-10/h3-6,8-10,13,17,21-22,24H,7H2,1-2H3/b4-3+/t10-,13?,17+,19+/m0/s1. The van der Waals surface area contributed by atoms with Gasteiger partial charge < -0.3 is 24.8 Å². The number of carbonyl (C=O) groups is 2. The van der Waals surface area contributed by atoms with Gasteiger partial charge in [-0.05, 0) is 31.1 Å². The number of phenolic OH excluding ortho intramolecular Hbond substituents is 1. The Kier molecular flexibility index (Phi) is 4.60. The van der Waals surface area contributed by atoms with E-state index in [9.17, 15) is 24.9 Å². The molecule has 7 nitrogen and oxygen atoms in total. The Balaban J connectivity index is 2.12. The summed E-state index contributed by atoms with van der Waals surface area (Å²) < 4.78 is 10.5. The Morgan fingerprint density at radius 1 is 1.27 bits per heavy atom. The first-order valence-electron chi connectivity index (χ1n) is 8.19. The topological polar surface area (TPSA) is 113 Å². The SMILES string of the molecule is COc1cc(O)c2c(c1)/C=C/C[C@@]1(O)C(C=CC(=O)[C@H]1O)[C@H](C)OC2=O. The lowest BCUT2D eigenvalue weighted by Crippen LogP contribution is -2.57. The number of aromatic hydroxyl groups is 1. The Hall–Kier alpha value is -2.64. The maximum absolute atomic E-state index is 12.6. The number of hydrogen-bond acceptors (Lipinski definition) is 7. The molecule has 3 rings (SSSR count). The first-order chi connectivity index (χ1) is 12.3. The zero-order valence-corrected chi connectivity index (χ0v) is 14.4.